The van der Waals surface area contributed by atoms with Gasteiger partial charge in [0.25, 0.3) is 0 Å². The third-order valence-corrected chi connectivity index (χ3v) is 4.72. The van der Waals surface area contributed by atoms with Crippen molar-refractivity contribution in [3.63, 3.8) is 0 Å². The average molecular weight is 375 g/mol. The molecule has 0 fully saturated rings. The fraction of sp³-hybridized carbons (Fsp3) is 0.529. The van der Waals surface area contributed by atoms with Crippen molar-refractivity contribution < 1.29 is 22.7 Å². The van der Waals surface area contributed by atoms with E-state index in [4.69, 9.17) is 4.74 Å². The van der Waals surface area contributed by atoms with E-state index in [1.54, 1.807) is 4.57 Å². The highest BCUT2D eigenvalue weighted by atomic mass is 32.2. The van der Waals surface area contributed by atoms with Gasteiger partial charge in [0, 0.05) is 12.8 Å². The fourth-order valence-electron chi connectivity index (χ4n) is 2.42. The molecule has 0 aliphatic carbocycles. The molecule has 1 aromatic heterocycles. The summed E-state index contributed by atoms with van der Waals surface area (Å²) in [6.07, 6.45) is 2.20. The predicted octanol–water partition coefficient (Wildman–Crippen LogP) is 3.43. The van der Waals surface area contributed by atoms with Gasteiger partial charge in [-0.25, -0.2) is 4.98 Å². The number of carbonyl (C=O) groups is 1. The number of carbonyl (C=O) groups excluding carboxylic acids is 1. The van der Waals surface area contributed by atoms with E-state index in [9.17, 15) is 18.0 Å². The van der Waals surface area contributed by atoms with Crippen LogP contribution in [-0.2, 0) is 39.8 Å². The van der Waals surface area contributed by atoms with Crippen molar-refractivity contribution in [2.45, 2.75) is 32.2 Å². The molecule has 0 aliphatic heterocycles. The van der Waals surface area contributed by atoms with Crippen LogP contribution in [0.3, 0.4) is 0 Å². The summed E-state index contributed by atoms with van der Waals surface area (Å²) in [7, 11) is 0.271. The maximum absolute atomic E-state index is 12.9. The van der Waals surface area contributed by atoms with Gasteiger partial charge in [-0.1, -0.05) is 0 Å². The summed E-state index contributed by atoms with van der Waals surface area (Å²) >= 11 is 0. The van der Waals surface area contributed by atoms with Gasteiger partial charge < -0.3 is 14.1 Å². The van der Waals surface area contributed by atoms with E-state index in [0.717, 1.165) is 24.2 Å². The highest BCUT2D eigenvalue weighted by molar-refractivity contribution is 7.95. The quantitative estimate of drug-likeness (QED) is 0.383. The monoisotopic (exact) mass is 375 g/mol. The summed E-state index contributed by atoms with van der Waals surface area (Å²) in [5, 5.41) is 0. The first-order valence-corrected chi connectivity index (χ1v) is 10.2. The Morgan fingerprint density at radius 3 is 2.72 bits per heavy atom. The van der Waals surface area contributed by atoms with Crippen molar-refractivity contribution in [3.05, 3.63) is 29.6 Å². The van der Waals surface area contributed by atoms with E-state index < -0.39 is 11.7 Å². The molecule has 4 nitrogen and oxygen atoms in total. The summed E-state index contributed by atoms with van der Waals surface area (Å²) in [5.41, 5.74) is 0.192. The Labute approximate surface area is 147 Å². The SMILES string of the molecule is C[S+](C)CCOCn1c(CCCC=O)nc2cc(C(F)(F)F)ccc21. The summed E-state index contributed by atoms with van der Waals surface area (Å²) in [5.74, 6) is 1.58. The number of nitrogens with zero attached hydrogens (tertiary/aromatic N) is 2. The molecule has 0 saturated heterocycles. The molecule has 1 heterocycles. The molecule has 0 bridgehead atoms. The fourth-order valence-corrected chi connectivity index (χ4v) is 2.87. The standard InChI is InChI=1S/C17H22F3N2O2S/c1-25(2)10-9-24-12-22-15-7-6-13(17(18,19)20)11-14(15)21-16(22)5-3-4-8-23/h6-8,11H,3-5,9-10,12H2,1-2H3/q+1. The molecule has 1 aromatic carbocycles. The molecular weight excluding hydrogens is 353 g/mol. The minimum atomic E-state index is -4.40. The van der Waals surface area contributed by atoms with Crippen LogP contribution in [-0.4, -0.2) is 40.7 Å². The minimum Gasteiger partial charge on any atom is -0.356 e. The summed E-state index contributed by atoms with van der Waals surface area (Å²) in [6, 6.07) is 3.55. The van der Waals surface area contributed by atoms with E-state index in [2.05, 4.69) is 17.5 Å². The number of hydrogen-bond donors (Lipinski definition) is 0. The molecule has 0 radical (unpaired) electrons. The zero-order valence-corrected chi connectivity index (χ0v) is 15.1. The smallest absolute Gasteiger partial charge is 0.356 e. The van der Waals surface area contributed by atoms with Gasteiger partial charge >= 0.3 is 6.18 Å². The van der Waals surface area contributed by atoms with Gasteiger partial charge in [-0.3, -0.25) is 0 Å². The molecule has 0 unspecified atom stereocenters. The van der Waals surface area contributed by atoms with Crippen molar-refractivity contribution in [1.29, 1.82) is 0 Å². The Bertz CT molecular complexity index is 714. The predicted molar refractivity (Wildman–Crippen MR) is 93.8 cm³/mol. The van der Waals surface area contributed by atoms with Crippen molar-refractivity contribution >= 4 is 28.2 Å². The van der Waals surface area contributed by atoms with Crippen LogP contribution < -0.4 is 0 Å². The molecule has 8 heteroatoms. The number of unbranched alkanes of at least 4 members (excludes halogenated alkanes) is 1. The number of alkyl halides is 3. The summed E-state index contributed by atoms with van der Waals surface area (Å²) in [4.78, 5) is 14.8. The van der Waals surface area contributed by atoms with E-state index in [1.165, 1.54) is 6.07 Å². The third kappa shape index (κ3) is 5.47. The Hall–Kier alpha value is -1.54. The molecule has 0 spiro atoms. The topological polar surface area (TPSA) is 44.1 Å². The number of imidazole rings is 1. The Kier molecular flexibility index (Phi) is 6.89. The molecule has 0 N–H and O–H groups in total. The highest BCUT2D eigenvalue weighted by Gasteiger charge is 2.31. The van der Waals surface area contributed by atoms with Crippen molar-refractivity contribution in [3.8, 4) is 0 Å². The molecule has 0 aliphatic rings. The van der Waals surface area contributed by atoms with Crippen LogP contribution in [0.15, 0.2) is 18.2 Å². The van der Waals surface area contributed by atoms with Gasteiger partial charge in [0.05, 0.1) is 35.7 Å². The van der Waals surface area contributed by atoms with Crippen molar-refractivity contribution in [2.24, 2.45) is 0 Å². The van der Waals surface area contributed by atoms with Gasteiger partial charge in [-0.15, -0.1) is 0 Å². The maximum Gasteiger partial charge on any atom is 0.416 e. The molecule has 138 valence electrons. The van der Waals surface area contributed by atoms with E-state index in [1.807, 2.05) is 0 Å². The van der Waals surface area contributed by atoms with Gasteiger partial charge in [0.1, 0.15) is 24.6 Å². The molecule has 25 heavy (non-hydrogen) atoms. The van der Waals surface area contributed by atoms with E-state index in [0.29, 0.717) is 42.7 Å². The average Bonchev–Trinajstić information content (AvgIpc) is 2.87. The lowest BCUT2D eigenvalue weighted by Crippen LogP contribution is -2.13. The molecule has 2 aromatic rings. The van der Waals surface area contributed by atoms with Gasteiger partial charge in [-0.05, 0) is 35.5 Å². The number of rotatable bonds is 9. The first kappa shape index (κ1) is 19.8. The van der Waals surface area contributed by atoms with Crippen molar-refractivity contribution in [1.82, 2.24) is 9.55 Å². The number of aromatic nitrogens is 2. The second-order valence-corrected chi connectivity index (χ2v) is 8.32. The maximum atomic E-state index is 12.9. The number of ether oxygens (including phenoxy) is 1. The Balaban J connectivity index is 2.26. The normalized spacial score (nSPS) is 12.2. The lowest BCUT2D eigenvalue weighted by molar-refractivity contribution is -0.137. The number of fused-ring (bicyclic) bond motifs is 1. The largest absolute Gasteiger partial charge is 0.416 e. The minimum absolute atomic E-state index is 0.246. The second kappa shape index (κ2) is 8.71. The van der Waals surface area contributed by atoms with Crippen LogP contribution in [0.1, 0.15) is 24.2 Å². The molecule has 2 rings (SSSR count). The van der Waals surface area contributed by atoms with Crippen LogP contribution in [0.4, 0.5) is 13.2 Å². The lowest BCUT2D eigenvalue weighted by atomic mass is 10.2. The number of halogens is 3. The number of aryl methyl sites for hydroxylation is 1. The molecule has 0 amide bonds. The summed E-state index contributed by atoms with van der Waals surface area (Å²) in [6.45, 7) is 0.833. The highest BCUT2D eigenvalue weighted by Crippen LogP contribution is 2.31. The zero-order valence-electron chi connectivity index (χ0n) is 14.3. The van der Waals surface area contributed by atoms with Crippen LogP contribution in [0.25, 0.3) is 11.0 Å². The molecular formula is C17H22F3N2O2S+. The van der Waals surface area contributed by atoms with E-state index >= 15 is 0 Å². The zero-order chi connectivity index (χ0) is 18.4. The van der Waals surface area contributed by atoms with Crippen LogP contribution >= 0.6 is 0 Å². The van der Waals surface area contributed by atoms with Gasteiger partial charge in [0.15, 0.2) is 0 Å². The molecule has 0 atom stereocenters. The van der Waals surface area contributed by atoms with Crippen LogP contribution in [0, 0.1) is 0 Å². The molecule has 0 saturated carbocycles. The summed E-state index contributed by atoms with van der Waals surface area (Å²) < 4.78 is 46.2. The van der Waals surface area contributed by atoms with Gasteiger partial charge in [-0.2, -0.15) is 13.2 Å². The Morgan fingerprint density at radius 2 is 2.08 bits per heavy atom. The van der Waals surface area contributed by atoms with Crippen molar-refractivity contribution in [2.75, 3.05) is 24.9 Å². The second-order valence-electron chi connectivity index (χ2n) is 5.94. The number of aldehydes is 1. The third-order valence-electron chi connectivity index (χ3n) is 3.73. The van der Waals surface area contributed by atoms with Crippen LogP contribution in [0.2, 0.25) is 0 Å². The van der Waals surface area contributed by atoms with Gasteiger partial charge in [0.2, 0.25) is 0 Å². The Morgan fingerprint density at radius 1 is 1.32 bits per heavy atom. The number of benzene rings is 1. The first-order valence-electron chi connectivity index (χ1n) is 7.95. The van der Waals surface area contributed by atoms with Crippen LogP contribution in [0.5, 0.6) is 0 Å². The number of hydrogen-bond acceptors (Lipinski definition) is 3. The van der Waals surface area contributed by atoms with E-state index in [-0.39, 0.29) is 17.6 Å². The first-order chi connectivity index (χ1) is 11.8. The lowest BCUT2D eigenvalue weighted by Gasteiger charge is -2.10.